The van der Waals surface area contributed by atoms with Crippen LogP contribution in [0.2, 0.25) is 0 Å². The predicted molar refractivity (Wildman–Crippen MR) is 103 cm³/mol. The summed E-state index contributed by atoms with van der Waals surface area (Å²) in [6, 6.07) is 17.0. The van der Waals surface area contributed by atoms with Gasteiger partial charge in [-0.25, -0.2) is 0 Å². The highest BCUT2D eigenvalue weighted by Crippen LogP contribution is 2.19. The van der Waals surface area contributed by atoms with Gasteiger partial charge < -0.3 is 14.6 Å². The maximum atomic E-state index is 12.2. The summed E-state index contributed by atoms with van der Waals surface area (Å²) in [6.07, 6.45) is 0. The van der Waals surface area contributed by atoms with Gasteiger partial charge in [0.05, 0.1) is 19.4 Å². The molecule has 0 fully saturated rings. The van der Waals surface area contributed by atoms with Crippen LogP contribution in [-0.4, -0.2) is 33.4 Å². The highest BCUT2D eigenvalue weighted by molar-refractivity contribution is 7.99. The van der Waals surface area contributed by atoms with Crippen molar-refractivity contribution < 1.29 is 9.53 Å². The molecular weight excluding hydrogens is 348 g/mol. The normalized spacial score (nSPS) is 10.5. The third kappa shape index (κ3) is 4.43. The van der Waals surface area contributed by atoms with E-state index in [0.29, 0.717) is 17.9 Å². The summed E-state index contributed by atoms with van der Waals surface area (Å²) in [7, 11) is 3.55. The van der Waals surface area contributed by atoms with Crippen LogP contribution < -0.4 is 10.1 Å². The van der Waals surface area contributed by atoms with Crippen LogP contribution >= 0.6 is 11.8 Å². The van der Waals surface area contributed by atoms with E-state index in [1.165, 1.54) is 11.8 Å². The number of methoxy groups -OCH3 is 1. The first kappa shape index (κ1) is 18.0. The van der Waals surface area contributed by atoms with Gasteiger partial charge in [0.15, 0.2) is 16.8 Å². The maximum absolute atomic E-state index is 12.2. The van der Waals surface area contributed by atoms with Crippen molar-refractivity contribution in [2.24, 2.45) is 7.05 Å². The third-order valence-corrected chi connectivity index (χ3v) is 4.91. The summed E-state index contributed by atoms with van der Waals surface area (Å²) in [4.78, 5) is 12.2. The van der Waals surface area contributed by atoms with Gasteiger partial charge in [-0.15, -0.1) is 10.2 Å². The van der Waals surface area contributed by atoms with E-state index in [1.54, 1.807) is 7.11 Å². The van der Waals surface area contributed by atoms with Crippen LogP contribution in [0.4, 0.5) is 5.69 Å². The van der Waals surface area contributed by atoms with Gasteiger partial charge in [-0.1, -0.05) is 42.1 Å². The Bertz CT molecular complexity index is 863. The Morgan fingerprint density at radius 3 is 2.54 bits per heavy atom. The number of anilines is 1. The molecule has 1 N–H and O–H groups in total. The second-order valence-corrected chi connectivity index (χ2v) is 6.56. The van der Waals surface area contributed by atoms with Crippen LogP contribution in [0, 0.1) is 0 Å². The van der Waals surface area contributed by atoms with Gasteiger partial charge in [0, 0.05) is 18.3 Å². The Labute approximate surface area is 156 Å². The number of ketones is 1. The molecule has 0 spiro atoms. The van der Waals surface area contributed by atoms with Crippen molar-refractivity contribution in [3.8, 4) is 5.75 Å². The Morgan fingerprint density at radius 1 is 1.12 bits per heavy atom. The van der Waals surface area contributed by atoms with Gasteiger partial charge >= 0.3 is 0 Å². The van der Waals surface area contributed by atoms with Gasteiger partial charge in [-0.2, -0.15) is 0 Å². The molecule has 0 saturated carbocycles. The van der Waals surface area contributed by atoms with E-state index in [2.05, 4.69) is 15.5 Å². The quantitative estimate of drug-likeness (QED) is 0.485. The van der Waals surface area contributed by atoms with E-state index < -0.39 is 0 Å². The molecule has 0 radical (unpaired) electrons. The minimum atomic E-state index is 0.0801. The third-order valence-electron chi connectivity index (χ3n) is 3.89. The Balaban J connectivity index is 1.56. The zero-order valence-corrected chi connectivity index (χ0v) is 15.5. The van der Waals surface area contributed by atoms with Crippen molar-refractivity contribution in [1.82, 2.24) is 14.8 Å². The summed E-state index contributed by atoms with van der Waals surface area (Å²) in [5.74, 6) is 2.03. The first-order valence-electron chi connectivity index (χ1n) is 8.14. The Hall–Kier alpha value is -2.80. The van der Waals surface area contributed by atoms with E-state index in [-0.39, 0.29) is 5.78 Å². The number of carbonyl (C=O) groups is 1. The zero-order valence-electron chi connectivity index (χ0n) is 14.7. The summed E-state index contributed by atoms with van der Waals surface area (Å²) in [5, 5.41) is 12.4. The highest BCUT2D eigenvalue weighted by Gasteiger charge is 2.12. The fraction of sp³-hybridized carbons (Fsp3) is 0.211. The van der Waals surface area contributed by atoms with Gasteiger partial charge in [0.2, 0.25) is 0 Å². The Kier molecular flexibility index (Phi) is 5.91. The van der Waals surface area contributed by atoms with Crippen LogP contribution in [0.1, 0.15) is 16.2 Å². The van der Waals surface area contributed by atoms with Crippen LogP contribution in [0.3, 0.4) is 0 Å². The first-order valence-corrected chi connectivity index (χ1v) is 9.13. The molecule has 3 aromatic rings. The number of nitrogens with one attached hydrogen (secondary N) is 1. The number of carbonyl (C=O) groups excluding carboxylic acids is 1. The second kappa shape index (κ2) is 8.53. The smallest absolute Gasteiger partial charge is 0.191 e. The van der Waals surface area contributed by atoms with Crippen LogP contribution in [0.5, 0.6) is 5.75 Å². The van der Waals surface area contributed by atoms with Crippen LogP contribution in [-0.2, 0) is 13.6 Å². The maximum Gasteiger partial charge on any atom is 0.191 e. The van der Waals surface area contributed by atoms with E-state index in [1.807, 2.05) is 66.2 Å². The molecule has 0 aliphatic heterocycles. The van der Waals surface area contributed by atoms with Gasteiger partial charge in [0.1, 0.15) is 5.75 Å². The predicted octanol–water partition coefficient (Wildman–Crippen LogP) is 3.41. The molecule has 0 saturated heterocycles. The molecule has 0 unspecified atom stereocenters. The molecule has 2 aromatic carbocycles. The fourth-order valence-corrected chi connectivity index (χ4v) is 3.18. The first-order chi connectivity index (χ1) is 12.7. The average Bonchev–Trinajstić information content (AvgIpc) is 3.05. The standard InChI is InChI=1S/C19H20N4O2S/c1-23-18(12-20-15-8-10-16(25-2)11-9-15)21-22-19(23)26-13-17(24)14-6-4-3-5-7-14/h3-11,20H,12-13H2,1-2H3. The van der Waals surface area contributed by atoms with Gasteiger partial charge in [0.25, 0.3) is 0 Å². The minimum absolute atomic E-state index is 0.0801. The van der Waals surface area contributed by atoms with Crippen molar-refractivity contribution >= 4 is 23.2 Å². The number of nitrogens with zero attached hydrogens (tertiary/aromatic N) is 3. The van der Waals surface area contributed by atoms with E-state index in [0.717, 1.165) is 22.4 Å². The molecule has 0 aliphatic rings. The fourth-order valence-electron chi connectivity index (χ4n) is 2.35. The molecule has 3 rings (SSSR count). The zero-order chi connectivity index (χ0) is 18.4. The highest BCUT2D eigenvalue weighted by atomic mass is 32.2. The number of rotatable bonds is 8. The topological polar surface area (TPSA) is 69.0 Å². The number of hydrogen-bond donors (Lipinski definition) is 1. The lowest BCUT2D eigenvalue weighted by molar-refractivity contribution is 0.102. The molecule has 0 atom stereocenters. The van der Waals surface area contributed by atoms with Crippen molar-refractivity contribution in [3.05, 3.63) is 66.0 Å². The average molecular weight is 368 g/mol. The Morgan fingerprint density at radius 2 is 1.85 bits per heavy atom. The number of ether oxygens (including phenoxy) is 1. The molecule has 7 heteroatoms. The molecule has 0 aliphatic carbocycles. The molecular formula is C19H20N4O2S. The van der Waals surface area contributed by atoms with Crippen molar-refractivity contribution in [1.29, 1.82) is 0 Å². The number of Topliss-reactive ketones (excluding diaryl/α,β-unsaturated/α-hetero) is 1. The van der Waals surface area contributed by atoms with Gasteiger partial charge in [-0.3, -0.25) is 4.79 Å². The summed E-state index contributed by atoms with van der Waals surface area (Å²) < 4.78 is 7.05. The molecule has 0 amide bonds. The number of benzene rings is 2. The SMILES string of the molecule is COc1ccc(NCc2nnc(SCC(=O)c3ccccc3)n2C)cc1. The molecule has 134 valence electrons. The molecule has 1 heterocycles. The monoisotopic (exact) mass is 368 g/mol. The second-order valence-electron chi connectivity index (χ2n) is 5.62. The lowest BCUT2D eigenvalue weighted by atomic mass is 10.2. The van der Waals surface area contributed by atoms with Crippen molar-refractivity contribution in [2.75, 3.05) is 18.2 Å². The minimum Gasteiger partial charge on any atom is -0.497 e. The molecule has 0 bridgehead atoms. The summed E-state index contributed by atoms with van der Waals surface area (Å²) >= 11 is 1.39. The van der Waals surface area contributed by atoms with E-state index in [4.69, 9.17) is 4.74 Å². The van der Waals surface area contributed by atoms with Crippen LogP contribution in [0.25, 0.3) is 0 Å². The molecule has 26 heavy (non-hydrogen) atoms. The largest absolute Gasteiger partial charge is 0.497 e. The number of thioether (sulfide) groups is 1. The number of hydrogen-bond acceptors (Lipinski definition) is 6. The molecule has 1 aromatic heterocycles. The molecule has 6 nitrogen and oxygen atoms in total. The summed E-state index contributed by atoms with van der Waals surface area (Å²) in [5.41, 5.74) is 1.69. The van der Waals surface area contributed by atoms with E-state index >= 15 is 0 Å². The lowest BCUT2D eigenvalue weighted by Gasteiger charge is -2.07. The van der Waals surface area contributed by atoms with Crippen LogP contribution in [0.15, 0.2) is 59.8 Å². The van der Waals surface area contributed by atoms with Gasteiger partial charge in [-0.05, 0) is 24.3 Å². The van der Waals surface area contributed by atoms with E-state index in [9.17, 15) is 4.79 Å². The summed E-state index contributed by atoms with van der Waals surface area (Å²) in [6.45, 7) is 0.545. The van der Waals surface area contributed by atoms with Crippen molar-refractivity contribution in [3.63, 3.8) is 0 Å². The number of aromatic nitrogens is 3. The van der Waals surface area contributed by atoms with Crippen molar-refractivity contribution in [2.45, 2.75) is 11.7 Å². The lowest BCUT2D eigenvalue weighted by Crippen LogP contribution is -2.07.